The van der Waals surface area contributed by atoms with Crippen LogP contribution in [0.15, 0.2) is 17.2 Å². The fraction of sp³-hybridized carbons (Fsp3) is 0.615. The molecule has 126 valence electrons. The first kappa shape index (κ1) is 19.0. The molecule has 1 fully saturated rings. The summed E-state index contributed by atoms with van der Waals surface area (Å²) in [5, 5.41) is 3.18. The molecule has 0 radical (unpaired) electrons. The van der Waals surface area contributed by atoms with Crippen LogP contribution in [0.4, 0.5) is 0 Å². The molecule has 1 unspecified atom stereocenters. The molecule has 3 N–H and O–H groups in total. The number of aryl methyl sites for hydroxylation is 1. The smallest absolute Gasteiger partial charge is 0.265 e. The van der Waals surface area contributed by atoms with Gasteiger partial charge in [0.2, 0.25) is 10.0 Å². The second-order valence-corrected chi connectivity index (χ2v) is 7.19. The summed E-state index contributed by atoms with van der Waals surface area (Å²) in [6, 6.07) is 1.31. The van der Waals surface area contributed by atoms with E-state index >= 15 is 0 Å². The predicted molar refractivity (Wildman–Crippen MR) is 86.6 cm³/mol. The highest BCUT2D eigenvalue weighted by Crippen LogP contribution is 2.23. The summed E-state index contributed by atoms with van der Waals surface area (Å²) in [5.41, 5.74) is 5.44. The second-order valence-electron chi connectivity index (χ2n) is 5.30. The average molecular weight is 351 g/mol. The minimum Gasteiger partial charge on any atom is -0.364 e. The molecule has 22 heavy (non-hydrogen) atoms. The highest BCUT2D eigenvalue weighted by molar-refractivity contribution is 7.89. The van der Waals surface area contributed by atoms with Gasteiger partial charge in [0.15, 0.2) is 0 Å². The molecule has 1 aliphatic heterocycles. The Kier molecular flexibility index (Phi) is 6.42. The lowest BCUT2D eigenvalue weighted by Crippen LogP contribution is -2.41. The Morgan fingerprint density at radius 3 is 2.68 bits per heavy atom. The van der Waals surface area contributed by atoms with Crippen LogP contribution < -0.4 is 11.1 Å². The van der Waals surface area contributed by atoms with E-state index in [9.17, 15) is 13.2 Å². The SMILES string of the molecule is CCCN(C1CCNC1)S(=O)(=O)c1cc(C(N)=O)n(C)c1.Cl. The van der Waals surface area contributed by atoms with Crippen molar-refractivity contribution in [1.82, 2.24) is 14.2 Å². The van der Waals surface area contributed by atoms with Crippen molar-refractivity contribution in [3.63, 3.8) is 0 Å². The number of carbonyl (C=O) groups is 1. The first-order chi connectivity index (χ1) is 9.87. The topological polar surface area (TPSA) is 97.4 Å². The third-order valence-electron chi connectivity index (χ3n) is 3.72. The molecule has 2 rings (SSSR count). The first-order valence-corrected chi connectivity index (χ1v) is 8.50. The van der Waals surface area contributed by atoms with E-state index in [1.807, 2.05) is 6.92 Å². The lowest BCUT2D eigenvalue weighted by molar-refractivity contribution is 0.0992. The van der Waals surface area contributed by atoms with Gasteiger partial charge in [0.1, 0.15) is 10.6 Å². The van der Waals surface area contributed by atoms with Crippen molar-refractivity contribution in [2.45, 2.75) is 30.7 Å². The number of amides is 1. The zero-order chi connectivity index (χ0) is 15.6. The van der Waals surface area contributed by atoms with E-state index in [0.717, 1.165) is 19.4 Å². The van der Waals surface area contributed by atoms with E-state index in [1.54, 1.807) is 7.05 Å². The lowest BCUT2D eigenvalue weighted by Gasteiger charge is -2.26. The van der Waals surface area contributed by atoms with Crippen LogP contribution in [0.5, 0.6) is 0 Å². The number of nitrogens with one attached hydrogen (secondary N) is 1. The van der Waals surface area contributed by atoms with Crippen LogP contribution >= 0.6 is 12.4 Å². The Balaban J connectivity index is 0.00000242. The van der Waals surface area contributed by atoms with Crippen molar-refractivity contribution < 1.29 is 13.2 Å². The molecular weight excluding hydrogens is 328 g/mol. The average Bonchev–Trinajstić information content (AvgIpc) is 3.04. The summed E-state index contributed by atoms with van der Waals surface area (Å²) >= 11 is 0. The lowest BCUT2D eigenvalue weighted by atomic mass is 10.2. The van der Waals surface area contributed by atoms with Gasteiger partial charge in [-0.1, -0.05) is 6.92 Å². The van der Waals surface area contributed by atoms with Crippen LogP contribution in [0, 0.1) is 0 Å². The van der Waals surface area contributed by atoms with Crippen LogP contribution in [-0.2, 0) is 17.1 Å². The Morgan fingerprint density at radius 2 is 2.23 bits per heavy atom. The van der Waals surface area contributed by atoms with Gasteiger partial charge in [0, 0.05) is 32.4 Å². The number of hydrogen-bond acceptors (Lipinski definition) is 4. The van der Waals surface area contributed by atoms with E-state index in [4.69, 9.17) is 5.73 Å². The van der Waals surface area contributed by atoms with Gasteiger partial charge < -0.3 is 15.6 Å². The van der Waals surface area contributed by atoms with Gasteiger partial charge in [-0.05, 0) is 25.5 Å². The van der Waals surface area contributed by atoms with Gasteiger partial charge >= 0.3 is 0 Å². The Bertz CT molecular complexity index is 623. The number of carbonyl (C=O) groups excluding carboxylic acids is 1. The van der Waals surface area contributed by atoms with Gasteiger partial charge in [0.05, 0.1) is 0 Å². The molecule has 1 aromatic rings. The zero-order valence-electron chi connectivity index (χ0n) is 12.8. The van der Waals surface area contributed by atoms with Gasteiger partial charge in [-0.2, -0.15) is 4.31 Å². The van der Waals surface area contributed by atoms with Gasteiger partial charge in [0.25, 0.3) is 5.91 Å². The second kappa shape index (κ2) is 7.45. The van der Waals surface area contributed by atoms with Gasteiger partial charge in [-0.25, -0.2) is 8.42 Å². The number of nitrogens with two attached hydrogens (primary N) is 1. The molecule has 0 bridgehead atoms. The first-order valence-electron chi connectivity index (χ1n) is 7.06. The number of halogens is 1. The fourth-order valence-corrected chi connectivity index (χ4v) is 4.48. The van der Waals surface area contributed by atoms with Crippen LogP contribution in [0.1, 0.15) is 30.3 Å². The highest BCUT2D eigenvalue weighted by atomic mass is 35.5. The van der Waals surface area contributed by atoms with Crippen molar-refractivity contribution in [3.8, 4) is 0 Å². The van der Waals surface area contributed by atoms with Crippen molar-refractivity contribution in [1.29, 1.82) is 0 Å². The summed E-state index contributed by atoms with van der Waals surface area (Å²) in [5.74, 6) is -0.636. The monoisotopic (exact) mass is 350 g/mol. The molecule has 0 saturated carbocycles. The largest absolute Gasteiger partial charge is 0.364 e. The maximum atomic E-state index is 12.8. The van der Waals surface area contributed by atoms with Crippen molar-refractivity contribution in [3.05, 3.63) is 18.0 Å². The third kappa shape index (κ3) is 3.62. The molecule has 0 aliphatic carbocycles. The molecule has 1 aromatic heterocycles. The summed E-state index contributed by atoms with van der Waals surface area (Å²) in [4.78, 5) is 11.4. The van der Waals surface area contributed by atoms with E-state index in [0.29, 0.717) is 13.1 Å². The Labute approximate surface area is 137 Å². The Morgan fingerprint density at radius 1 is 1.55 bits per heavy atom. The molecule has 1 amide bonds. The molecule has 9 heteroatoms. The maximum absolute atomic E-state index is 12.8. The van der Waals surface area contributed by atoms with Crippen molar-refractivity contribution >= 4 is 28.3 Å². The predicted octanol–water partition coefficient (Wildman–Crippen LogP) is 0.308. The van der Waals surface area contributed by atoms with Gasteiger partial charge in [-0.3, -0.25) is 4.79 Å². The van der Waals surface area contributed by atoms with E-state index < -0.39 is 15.9 Å². The van der Waals surface area contributed by atoms with Crippen LogP contribution in [0.3, 0.4) is 0 Å². The zero-order valence-corrected chi connectivity index (χ0v) is 14.4. The number of sulfonamides is 1. The summed E-state index contributed by atoms with van der Waals surface area (Å²) < 4.78 is 28.6. The number of primary amides is 1. The normalized spacial score (nSPS) is 18.4. The molecule has 7 nitrogen and oxygen atoms in total. The third-order valence-corrected chi connectivity index (χ3v) is 5.64. The molecule has 1 aliphatic rings. The van der Waals surface area contributed by atoms with E-state index in [1.165, 1.54) is 21.1 Å². The van der Waals surface area contributed by atoms with Crippen molar-refractivity contribution in [2.75, 3.05) is 19.6 Å². The summed E-state index contributed by atoms with van der Waals surface area (Å²) in [6.45, 7) is 3.90. The van der Waals surface area contributed by atoms with E-state index in [-0.39, 0.29) is 29.0 Å². The minimum absolute atomic E-state index is 0. The Hall–Kier alpha value is -1.09. The molecule has 0 aromatic carbocycles. The number of rotatable bonds is 6. The minimum atomic E-state index is -3.62. The highest BCUT2D eigenvalue weighted by Gasteiger charge is 2.33. The number of aromatic nitrogens is 1. The molecular formula is C13H23ClN4O3S. The van der Waals surface area contributed by atoms with Crippen LogP contribution in [0.25, 0.3) is 0 Å². The quantitative estimate of drug-likeness (QED) is 0.771. The fourth-order valence-electron chi connectivity index (χ4n) is 2.66. The summed E-state index contributed by atoms with van der Waals surface area (Å²) in [6.07, 6.45) is 2.99. The molecule has 1 saturated heterocycles. The summed E-state index contributed by atoms with van der Waals surface area (Å²) in [7, 11) is -2.01. The maximum Gasteiger partial charge on any atom is 0.265 e. The molecule has 2 heterocycles. The molecule has 0 spiro atoms. The van der Waals surface area contributed by atoms with Crippen LogP contribution in [-0.4, -0.2) is 48.9 Å². The van der Waals surface area contributed by atoms with Gasteiger partial charge in [-0.15, -0.1) is 12.4 Å². The molecule has 1 atom stereocenters. The van der Waals surface area contributed by atoms with E-state index in [2.05, 4.69) is 5.32 Å². The van der Waals surface area contributed by atoms with Crippen molar-refractivity contribution in [2.24, 2.45) is 12.8 Å². The van der Waals surface area contributed by atoms with Crippen LogP contribution in [0.2, 0.25) is 0 Å². The number of nitrogens with zero attached hydrogens (tertiary/aromatic N) is 2. The standard InChI is InChI=1S/C13H22N4O3S.ClH/c1-3-6-17(10-4-5-15-8-10)21(19,20)11-7-12(13(14)18)16(2)9-11;/h7,9-10,15H,3-6,8H2,1-2H3,(H2,14,18);1H. The number of hydrogen-bond donors (Lipinski definition) is 2.